The summed E-state index contributed by atoms with van der Waals surface area (Å²) in [6.07, 6.45) is 4.17. The number of carbonyl (C=O) groups excluding carboxylic acids is 1. The number of hydrogen-bond donors (Lipinski definition) is 0. The summed E-state index contributed by atoms with van der Waals surface area (Å²) in [6.45, 7) is 9.79. The fourth-order valence-corrected chi connectivity index (χ4v) is 2.43. The van der Waals surface area contributed by atoms with Gasteiger partial charge in [-0.05, 0) is 43.0 Å². The van der Waals surface area contributed by atoms with Crippen LogP contribution >= 0.6 is 23.2 Å². The predicted octanol–water partition coefficient (Wildman–Crippen LogP) is 5.30. The van der Waals surface area contributed by atoms with Crippen LogP contribution in [0.4, 0.5) is 0 Å². The fraction of sp³-hybridized carbons (Fsp3) is 0.526. The molecule has 0 aliphatic rings. The summed E-state index contributed by atoms with van der Waals surface area (Å²) in [4.78, 5) is 14.2. The zero-order valence-electron chi connectivity index (χ0n) is 14.9. The number of carbonyl (C=O) groups is 1. The maximum Gasteiger partial charge on any atom is 0.246 e. The molecule has 1 aromatic carbocycles. The van der Waals surface area contributed by atoms with Crippen molar-refractivity contribution in [2.45, 2.75) is 46.0 Å². The second-order valence-corrected chi connectivity index (χ2v) is 7.35. The molecule has 0 aliphatic carbocycles. The van der Waals surface area contributed by atoms with E-state index in [1.807, 2.05) is 25.1 Å². The first-order valence-electron chi connectivity index (χ1n) is 8.35. The Morgan fingerprint density at radius 1 is 1.33 bits per heavy atom. The summed E-state index contributed by atoms with van der Waals surface area (Å²) in [5.74, 6) is 1.07. The topological polar surface area (TPSA) is 29.5 Å². The number of rotatable bonds is 9. The minimum absolute atomic E-state index is 0.0628. The number of halogens is 2. The lowest BCUT2D eigenvalue weighted by Gasteiger charge is -2.24. The first kappa shape index (κ1) is 20.9. The third-order valence-electron chi connectivity index (χ3n) is 3.25. The highest BCUT2D eigenvalue weighted by atomic mass is 35.5. The highest BCUT2D eigenvalue weighted by Crippen LogP contribution is 2.24. The molecule has 0 fully saturated rings. The first-order valence-corrected chi connectivity index (χ1v) is 9.17. The molecule has 3 nitrogen and oxygen atoms in total. The zero-order chi connectivity index (χ0) is 18.1. The Morgan fingerprint density at radius 2 is 2.04 bits per heavy atom. The van der Waals surface area contributed by atoms with E-state index in [1.54, 1.807) is 11.0 Å². The molecule has 0 bridgehead atoms. The van der Waals surface area contributed by atoms with E-state index in [-0.39, 0.29) is 11.3 Å². The normalized spacial score (nSPS) is 12.6. The van der Waals surface area contributed by atoms with Crippen molar-refractivity contribution in [1.82, 2.24) is 4.90 Å². The van der Waals surface area contributed by atoms with Gasteiger partial charge in [0.25, 0.3) is 0 Å². The summed E-state index contributed by atoms with van der Waals surface area (Å²) in [6, 6.07) is 5.58. The Hall–Kier alpha value is -1.19. The molecule has 0 N–H and O–H groups in total. The molecule has 0 aromatic heterocycles. The Labute approximate surface area is 155 Å². The summed E-state index contributed by atoms with van der Waals surface area (Å²) >= 11 is 12.2. The van der Waals surface area contributed by atoms with Gasteiger partial charge in [-0.1, -0.05) is 38.4 Å². The third-order valence-corrected chi connectivity index (χ3v) is 3.77. The molecule has 1 amide bonds. The van der Waals surface area contributed by atoms with Gasteiger partial charge in [0.05, 0.1) is 6.61 Å². The van der Waals surface area contributed by atoms with E-state index in [0.29, 0.717) is 30.6 Å². The van der Waals surface area contributed by atoms with Crippen LogP contribution in [0.25, 0.3) is 0 Å². The van der Waals surface area contributed by atoms with E-state index in [0.717, 1.165) is 17.7 Å². The number of amides is 1. The smallest absolute Gasteiger partial charge is 0.246 e. The van der Waals surface area contributed by atoms with E-state index in [4.69, 9.17) is 27.9 Å². The van der Waals surface area contributed by atoms with Crippen LogP contribution in [0.3, 0.4) is 0 Å². The second kappa shape index (κ2) is 10.6. The molecule has 0 aliphatic heterocycles. The molecule has 0 spiro atoms. The van der Waals surface area contributed by atoms with Crippen molar-refractivity contribution < 1.29 is 9.53 Å². The molecule has 134 valence electrons. The van der Waals surface area contributed by atoms with Crippen molar-refractivity contribution in [3.63, 3.8) is 0 Å². The maximum absolute atomic E-state index is 12.5. The van der Waals surface area contributed by atoms with Gasteiger partial charge in [0.1, 0.15) is 5.75 Å². The minimum Gasteiger partial charge on any atom is -0.494 e. The molecule has 1 aromatic rings. The molecule has 24 heavy (non-hydrogen) atoms. The van der Waals surface area contributed by atoms with Crippen LogP contribution < -0.4 is 4.74 Å². The number of ether oxygens (including phenoxy) is 1. The van der Waals surface area contributed by atoms with Gasteiger partial charge >= 0.3 is 0 Å². The maximum atomic E-state index is 12.5. The second-order valence-electron chi connectivity index (χ2n) is 6.25. The molecule has 0 radical (unpaired) electrons. The first-order chi connectivity index (χ1) is 11.3. The van der Waals surface area contributed by atoms with Gasteiger partial charge in [-0.3, -0.25) is 4.79 Å². The molecule has 5 heteroatoms. The van der Waals surface area contributed by atoms with Gasteiger partial charge in [-0.2, -0.15) is 0 Å². The monoisotopic (exact) mass is 371 g/mol. The molecular formula is C19H27Cl2NO2. The Balaban J connectivity index is 2.94. The average Bonchev–Trinajstić information content (AvgIpc) is 2.52. The molecule has 0 saturated heterocycles. The van der Waals surface area contributed by atoms with Crippen molar-refractivity contribution in [3.8, 4) is 5.75 Å². The number of nitrogens with zero attached hydrogens (tertiary/aromatic N) is 1. The van der Waals surface area contributed by atoms with Crippen LogP contribution in [0.1, 0.15) is 39.7 Å². The SMILES string of the molecule is CCCOc1ccc(Cl)c(CN(CC(C)C)C(=O)/C=C/C(C)Cl)c1. The minimum atomic E-state index is -0.177. The standard InChI is InChI=1S/C19H27Cl2NO2/c1-5-10-24-17-7-8-18(21)16(11-17)13-22(12-14(2)3)19(23)9-6-15(4)20/h6-9,11,14-15H,5,10,12-13H2,1-4H3/b9-6+. The zero-order valence-corrected chi connectivity index (χ0v) is 16.4. The summed E-state index contributed by atoms with van der Waals surface area (Å²) in [7, 11) is 0. The van der Waals surface area contributed by atoms with Crippen LogP contribution in [0.15, 0.2) is 30.4 Å². The van der Waals surface area contributed by atoms with Gasteiger partial charge in [-0.25, -0.2) is 0 Å². The molecular weight excluding hydrogens is 345 g/mol. The van der Waals surface area contributed by atoms with Crippen molar-refractivity contribution in [2.24, 2.45) is 5.92 Å². The van der Waals surface area contributed by atoms with Crippen molar-refractivity contribution in [1.29, 1.82) is 0 Å². The van der Waals surface area contributed by atoms with E-state index in [9.17, 15) is 4.79 Å². The van der Waals surface area contributed by atoms with Crippen molar-refractivity contribution >= 4 is 29.1 Å². The number of hydrogen-bond acceptors (Lipinski definition) is 2. The highest BCUT2D eigenvalue weighted by molar-refractivity contribution is 6.31. The molecule has 1 atom stereocenters. The molecule has 0 saturated carbocycles. The largest absolute Gasteiger partial charge is 0.494 e. The fourth-order valence-electron chi connectivity index (χ4n) is 2.18. The van der Waals surface area contributed by atoms with E-state index >= 15 is 0 Å². The van der Waals surface area contributed by atoms with Gasteiger partial charge in [0.2, 0.25) is 5.91 Å². The van der Waals surface area contributed by atoms with Crippen LogP contribution in [-0.2, 0) is 11.3 Å². The van der Waals surface area contributed by atoms with Gasteiger partial charge < -0.3 is 9.64 Å². The average molecular weight is 372 g/mol. The van der Waals surface area contributed by atoms with Gasteiger partial charge in [0, 0.05) is 29.6 Å². The molecule has 1 unspecified atom stereocenters. The lowest BCUT2D eigenvalue weighted by Crippen LogP contribution is -2.32. The van der Waals surface area contributed by atoms with Crippen LogP contribution in [-0.4, -0.2) is 29.3 Å². The predicted molar refractivity (Wildman–Crippen MR) is 102 cm³/mol. The Morgan fingerprint density at radius 3 is 2.62 bits per heavy atom. The van der Waals surface area contributed by atoms with E-state index in [2.05, 4.69) is 20.8 Å². The van der Waals surface area contributed by atoms with Crippen molar-refractivity contribution in [2.75, 3.05) is 13.2 Å². The van der Waals surface area contributed by atoms with Crippen LogP contribution in [0.5, 0.6) is 5.75 Å². The lowest BCUT2D eigenvalue weighted by atomic mass is 10.1. The Bertz CT molecular complexity index is 556. The number of alkyl halides is 1. The van der Waals surface area contributed by atoms with Crippen LogP contribution in [0.2, 0.25) is 5.02 Å². The molecule has 1 rings (SSSR count). The summed E-state index contributed by atoms with van der Waals surface area (Å²) in [5, 5.41) is 0.458. The Kier molecular flexibility index (Phi) is 9.24. The highest BCUT2D eigenvalue weighted by Gasteiger charge is 2.15. The summed E-state index contributed by atoms with van der Waals surface area (Å²) < 4.78 is 5.66. The van der Waals surface area contributed by atoms with Crippen molar-refractivity contribution in [3.05, 3.63) is 40.9 Å². The number of allylic oxidation sites excluding steroid dienone is 1. The number of benzene rings is 1. The van der Waals surface area contributed by atoms with E-state index in [1.165, 1.54) is 6.08 Å². The molecule has 0 heterocycles. The lowest BCUT2D eigenvalue weighted by molar-refractivity contribution is -0.127. The van der Waals surface area contributed by atoms with Gasteiger partial charge in [0.15, 0.2) is 0 Å². The third kappa shape index (κ3) is 7.59. The summed E-state index contributed by atoms with van der Waals surface area (Å²) in [5.41, 5.74) is 0.881. The van der Waals surface area contributed by atoms with E-state index < -0.39 is 0 Å². The van der Waals surface area contributed by atoms with Gasteiger partial charge in [-0.15, -0.1) is 11.6 Å². The quantitative estimate of drug-likeness (QED) is 0.435. The van der Waals surface area contributed by atoms with Crippen LogP contribution in [0, 0.1) is 5.92 Å².